The van der Waals surface area contributed by atoms with Crippen molar-refractivity contribution in [2.24, 2.45) is 0 Å². The van der Waals surface area contributed by atoms with Crippen LogP contribution < -0.4 is 5.32 Å². The molecule has 0 atom stereocenters. The average molecular weight is 277 g/mol. The standard InChI is InChI=1S/C15H20FN3O/c1-3-15-12(10-17-8-9-20-2)11-18-19(15)14-6-4-13(16)5-7-14/h4-7,11,17H,3,8-10H2,1-2H3. The van der Waals surface area contributed by atoms with Crippen molar-refractivity contribution in [2.75, 3.05) is 20.3 Å². The van der Waals surface area contributed by atoms with Gasteiger partial charge in [-0.05, 0) is 30.7 Å². The van der Waals surface area contributed by atoms with Crippen LogP contribution in [0.2, 0.25) is 0 Å². The third-order valence-corrected chi connectivity index (χ3v) is 3.16. The predicted octanol–water partition coefficient (Wildman–Crippen LogP) is 2.31. The Morgan fingerprint density at radius 2 is 2.05 bits per heavy atom. The van der Waals surface area contributed by atoms with Gasteiger partial charge in [0.1, 0.15) is 5.82 Å². The summed E-state index contributed by atoms with van der Waals surface area (Å²) in [4.78, 5) is 0. The Morgan fingerprint density at radius 1 is 1.30 bits per heavy atom. The highest BCUT2D eigenvalue weighted by molar-refractivity contribution is 5.35. The van der Waals surface area contributed by atoms with Crippen molar-refractivity contribution in [2.45, 2.75) is 19.9 Å². The van der Waals surface area contributed by atoms with Crippen LogP contribution in [-0.2, 0) is 17.7 Å². The minimum atomic E-state index is -0.236. The minimum Gasteiger partial charge on any atom is -0.383 e. The summed E-state index contributed by atoms with van der Waals surface area (Å²) in [6.07, 6.45) is 2.74. The fourth-order valence-corrected chi connectivity index (χ4v) is 2.13. The lowest BCUT2D eigenvalue weighted by Crippen LogP contribution is -2.19. The highest BCUT2D eigenvalue weighted by Gasteiger charge is 2.10. The lowest BCUT2D eigenvalue weighted by molar-refractivity contribution is 0.199. The van der Waals surface area contributed by atoms with Gasteiger partial charge in [0.2, 0.25) is 0 Å². The van der Waals surface area contributed by atoms with Gasteiger partial charge in [-0.3, -0.25) is 0 Å². The lowest BCUT2D eigenvalue weighted by Gasteiger charge is -2.08. The molecule has 2 rings (SSSR count). The van der Waals surface area contributed by atoms with Crippen LogP contribution in [0, 0.1) is 5.82 Å². The van der Waals surface area contributed by atoms with E-state index in [0.717, 1.165) is 36.5 Å². The number of methoxy groups -OCH3 is 1. The van der Waals surface area contributed by atoms with Gasteiger partial charge in [0.05, 0.1) is 18.5 Å². The number of hydrogen-bond donors (Lipinski definition) is 1. The smallest absolute Gasteiger partial charge is 0.123 e. The van der Waals surface area contributed by atoms with Gasteiger partial charge in [0.15, 0.2) is 0 Å². The number of rotatable bonds is 7. The van der Waals surface area contributed by atoms with Gasteiger partial charge in [-0.2, -0.15) is 5.10 Å². The van der Waals surface area contributed by atoms with Crippen molar-refractivity contribution < 1.29 is 9.13 Å². The molecule has 4 nitrogen and oxygen atoms in total. The zero-order valence-electron chi connectivity index (χ0n) is 11.9. The van der Waals surface area contributed by atoms with Crippen LogP contribution in [0.25, 0.3) is 5.69 Å². The van der Waals surface area contributed by atoms with Crippen LogP contribution in [0.5, 0.6) is 0 Å². The van der Waals surface area contributed by atoms with E-state index < -0.39 is 0 Å². The zero-order valence-corrected chi connectivity index (χ0v) is 11.9. The van der Waals surface area contributed by atoms with Crippen LogP contribution in [0.4, 0.5) is 4.39 Å². The summed E-state index contributed by atoms with van der Waals surface area (Å²) in [7, 11) is 1.69. The number of aromatic nitrogens is 2. The van der Waals surface area contributed by atoms with E-state index in [2.05, 4.69) is 17.3 Å². The summed E-state index contributed by atoms with van der Waals surface area (Å²) >= 11 is 0. The molecule has 1 heterocycles. The third-order valence-electron chi connectivity index (χ3n) is 3.16. The second-order valence-electron chi connectivity index (χ2n) is 4.53. The van der Waals surface area contributed by atoms with Crippen molar-refractivity contribution in [3.8, 4) is 5.69 Å². The third kappa shape index (κ3) is 3.43. The molecular formula is C15H20FN3O. The van der Waals surface area contributed by atoms with Gasteiger partial charge >= 0.3 is 0 Å². The molecule has 0 fully saturated rings. The van der Waals surface area contributed by atoms with Gasteiger partial charge in [0.25, 0.3) is 0 Å². The summed E-state index contributed by atoms with van der Waals surface area (Å²) in [5, 5.41) is 7.72. The van der Waals surface area contributed by atoms with Crippen LogP contribution in [0.15, 0.2) is 30.5 Å². The Hall–Kier alpha value is -1.72. The monoisotopic (exact) mass is 277 g/mol. The molecule has 1 aromatic carbocycles. The molecule has 1 aromatic heterocycles. The van der Waals surface area contributed by atoms with E-state index in [4.69, 9.17) is 4.74 Å². The number of ether oxygens (including phenoxy) is 1. The minimum absolute atomic E-state index is 0.236. The van der Waals surface area contributed by atoms with Crippen molar-refractivity contribution in [1.29, 1.82) is 0 Å². The highest BCUT2D eigenvalue weighted by atomic mass is 19.1. The maximum absolute atomic E-state index is 13.0. The van der Waals surface area contributed by atoms with E-state index in [-0.39, 0.29) is 5.82 Å². The molecule has 1 N–H and O–H groups in total. The Balaban J connectivity index is 2.14. The summed E-state index contributed by atoms with van der Waals surface area (Å²) in [5.41, 5.74) is 3.18. The first-order chi connectivity index (χ1) is 9.76. The van der Waals surface area contributed by atoms with Gasteiger partial charge in [-0.15, -0.1) is 0 Å². The topological polar surface area (TPSA) is 39.1 Å². The Kier molecular flexibility index (Phi) is 5.26. The molecule has 0 saturated heterocycles. The molecule has 0 aliphatic rings. The van der Waals surface area contributed by atoms with E-state index in [9.17, 15) is 4.39 Å². The van der Waals surface area contributed by atoms with Crippen LogP contribution in [0.1, 0.15) is 18.2 Å². The highest BCUT2D eigenvalue weighted by Crippen LogP contribution is 2.16. The Bertz CT molecular complexity index is 537. The molecule has 0 spiro atoms. The number of nitrogens with zero attached hydrogens (tertiary/aromatic N) is 2. The van der Waals surface area contributed by atoms with E-state index in [1.807, 2.05) is 10.9 Å². The first-order valence-electron chi connectivity index (χ1n) is 6.77. The number of hydrogen-bond acceptors (Lipinski definition) is 3. The summed E-state index contributed by atoms with van der Waals surface area (Å²) < 4.78 is 19.8. The van der Waals surface area contributed by atoms with Crippen LogP contribution in [-0.4, -0.2) is 30.0 Å². The van der Waals surface area contributed by atoms with Crippen molar-refractivity contribution in [3.05, 3.63) is 47.5 Å². The molecule has 2 aromatic rings. The molecule has 108 valence electrons. The maximum Gasteiger partial charge on any atom is 0.123 e. The molecule has 0 amide bonds. The largest absolute Gasteiger partial charge is 0.383 e. The Morgan fingerprint density at radius 3 is 2.70 bits per heavy atom. The van der Waals surface area contributed by atoms with Crippen molar-refractivity contribution in [3.63, 3.8) is 0 Å². The molecule has 0 bridgehead atoms. The van der Waals surface area contributed by atoms with Gasteiger partial charge in [-0.25, -0.2) is 9.07 Å². The fourth-order valence-electron chi connectivity index (χ4n) is 2.13. The summed E-state index contributed by atoms with van der Waals surface area (Å²) in [6.45, 7) is 4.35. The second kappa shape index (κ2) is 7.17. The fraction of sp³-hybridized carbons (Fsp3) is 0.400. The molecule has 20 heavy (non-hydrogen) atoms. The first-order valence-corrected chi connectivity index (χ1v) is 6.77. The molecule has 0 radical (unpaired) electrons. The Labute approximate surface area is 118 Å². The molecule has 0 aliphatic heterocycles. The van der Waals surface area contributed by atoms with Crippen LogP contribution in [0.3, 0.4) is 0 Å². The quantitative estimate of drug-likeness (QED) is 0.789. The van der Waals surface area contributed by atoms with Gasteiger partial charge in [0, 0.05) is 31.5 Å². The van der Waals surface area contributed by atoms with Crippen molar-refractivity contribution >= 4 is 0 Å². The number of halogens is 1. The summed E-state index contributed by atoms with van der Waals surface area (Å²) in [5.74, 6) is -0.236. The molecule has 0 aliphatic carbocycles. The number of nitrogens with one attached hydrogen (secondary N) is 1. The molecular weight excluding hydrogens is 257 g/mol. The van der Waals surface area contributed by atoms with E-state index >= 15 is 0 Å². The first kappa shape index (κ1) is 14.7. The van der Waals surface area contributed by atoms with Gasteiger partial charge < -0.3 is 10.1 Å². The summed E-state index contributed by atoms with van der Waals surface area (Å²) in [6, 6.07) is 6.38. The zero-order chi connectivity index (χ0) is 14.4. The second-order valence-corrected chi connectivity index (χ2v) is 4.53. The number of benzene rings is 1. The van der Waals surface area contributed by atoms with Gasteiger partial charge in [-0.1, -0.05) is 6.92 Å². The van der Waals surface area contributed by atoms with Crippen molar-refractivity contribution in [1.82, 2.24) is 15.1 Å². The maximum atomic E-state index is 13.0. The average Bonchev–Trinajstić information content (AvgIpc) is 2.87. The molecule has 0 saturated carbocycles. The van der Waals surface area contributed by atoms with E-state index in [1.165, 1.54) is 12.1 Å². The lowest BCUT2D eigenvalue weighted by atomic mass is 10.2. The molecule has 5 heteroatoms. The predicted molar refractivity (Wildman–Crippen MR) is 76.5 cm³/mol. The SMILES string of the molecule is CCc1c(CNCCOC)cnn1-c1ccc(F)cc1. The molecule has 0 unspecified atom stereocenters. The van der Waals surface area contributed by atoms with E-state index in [0.29, 0.717) is 6.61 Å². The van der Waals surface area contributed by atoms with E-state index in [1.54, 1.807) is 19.2 Å². The van der Waals surface area contributed by atoms with Crippen LogP contribution >= 0.6 is 0 Å². The normalized spacial score (nSPS) is 10.9.